The largest absolute Gasteiger partial charge is 0.487 e. The summed E-state index contributed by atoms with van der Waals surface area (Å²) in [6, 6.07) is 11.6. The fourth-order valence-corrected chi connectivity index (χ4v) is 1.97. The molecule has 19 heavy (non-hydrogen) atoms. The summed E-state index contributed by atoms with van der Waals surface area (Å²) in [7, 11) is 0. The first-order chi connectivity index (χ1) is 8.94. The lowest BCUT2D eigenvalue weighted by molar-refractivity contribution is 0.107. The van der Waals surface area contributed by atoms with E-state index in [1.165, 1.54) is 0 Å². The summed E-state index contributed by atoms with van der Waals surface area (Å²) in [5, 5.41) is 9.60. The minimum atomic E-state index is -0.208. The Morgan fingerprint density at radius 1 is 1.16 bits per heavy atom. The lowest BCUT2D eigenvalue weighted by Crippen LogP contribution is -2.27. The lowest BCUT2D eigenvalue weighted by Gasteiger charge is -2.26. The number of benzene rings is 2. The van der Waals surface area contributed by atoms with Crippen LogP contribution in [0.4, 0.5) is 0 Å². The van der Waals surface area contributed by atoms with Crippen molar-refractivity contribution in [1.29, 1.82) is 5.41 Å². The van der Waals surface area contributed by atoms with E-state index >= 15 is 0 Å². The second kappa shape index (κ2) is 4.92. The van der Waals surface area contributed by atoms with Crippen molar-refractivity contribution in [2.24, 2.45) is 5.73 Å². The van der Waals surface area contributed by atoms with E-state index in [1.807, 2.05) is 36.4 Å². The van der Waals surface area contributed by atoms with Crippen LogP contribution in [0.25, 0.3) is 10.8 Å². The van der Waals surface area contributed by atoms with Gasteiger partial charge in [0.2, 0.25) is 0 Å². The SMILES string of the molecule is CCC(C)(C)Oc1ccc(C(=N)N)c2ccccc12. The van der Waals surface area contributed by atoms with Crippen LogP contribution < -0.4 is 10.5 Å². The number of ether oxygens (including phenoxy) is 1. The molecule has 0 atom stereocenters. The predicted octanol–water partition coefficient (Wildman–Crippen LogP) is 3.69. The molecule has 0 saturated heterocycles. The zero-order valence-electron chi connectivity index (χ0n) is 11.7. The van der Waals surface area contributed by atoms with Gasteiger partial charge in [0, 0.05) is 10.9 Å². The zero-order valence-corrected chi connectivity index (χ0v) is 11.7. The van der Waals surface area contributed by atoms with E-state index in [0.29, 0.717) is 0 Å². The third kappa shape index (κ3) is 2.70. The molecule has 3 N–H and O–H groups in total. The highest BCUT2D eigenvalue weighted by molar-refractivity contribution is 6.09. The highest BCUT2D eigenvalue weighted by Crippen LogP contribution is 2.31. The topological polar surface area (TPSA) is 59.1 Å². The van der Waals surface area contributed by atoms with Crippen LogP contribution in [0.1, 0.15) is 32.8 Å². The van der Waals surface area contributed by atoms with E-state index in [-0.39, 0.29) is 11.4 Å². The zero-order chi connectivity index (χ0) is 14.0. The van der Waals surface area contributed by atoms with Crippen LogP contribution in [-0.2, 0) is 0 Å². The van der Waals surface area contributed by atoms with Gasteiger partial charge in [-0.3, -0.25) is 5.41 Å². The van der Waals surface area contributed by atoms with Crippen molar-refractivity contribution in [3.05, 3.63) is 42.0 Å². The summed E-state index contributed by atoms with van der Waals surface area (Å²) in [5.41, 5.74) is 6.17. The Hall–Kier alpha value is -2.03. The minimum Gasteiger partial charge on any atom is -0.487 e. The van der Waals surface area contributed by atoms with Crippen molar-refractivity contribution < 1.29 is 4.74 Å². The summed E-state index contributed by atoms with van der Waals surface area (Å²) in [6.07, 6.45) is 0.926. The predicted molar refractivity (Wildman–Crippen MR) is 80.0 cm³/mol. The Kier molecular flexibility index (Phi) is 3.47. The van der Waals surface area contributed by atoms with Gasteiger partial charge in [-0.2, -0.15) is 0 Å². The maximum Gasteiger partial charge on any atom is 0.127 e. The van der Waals surface area contributed by atoms with Gasteiger partial charge in [0.25, 0.3) is 0 Å². The van der Waals surface area contributed by atoms with Gasteiger partial charge in [0.1, 0.15) is 17.2 Å². The highest BCUT2D eigenvalue weighted by atomic mass is 16.5. The summed E-state index contributed by atoms with van der Waals surface area (Å²) in [4.78, 5) is 0. The molecule has 0 heterocycles. The minimum absolute atomic E-state index is 0.0810. The second-order valence-electron chi connectivity index (χ2n) is 5.29. The van der Waals surface area contributed by atoms with E-state index in [9.17, 15) is 0 Å². The standard InChI is InChI=1S/C16H20N2O/c1-4-16(2,3)19-14-10-9-13(15(17)18)11-7-5-6-8-12(11)14/h5-10H,4H2,1-3H3,(H3,17,18). The summed E-state index contributed by atoms with van der Waals surface area (Å²) in [5.74, 6) is 0.921. The van der Waals surface area contributed by atoms with Crippen LogP contribution in [-0.4, -0.2) is 11.4 Å². The molecule has 0 aliphatic heterocycles. The van der Waals surface area contributed by atoms with Gasteiger partial charge < -0.3 is 10.5 Å². The van der Waals surface area contributed by atoms with Gasteiger partial charge in [0.05, 0.1) is 0 Å². The van der Waals surface area contributed by atoms with Gasteiger partial charge in [0.15, 0.2) is 0 Å². The average Bonchev–Trinajstić information content (AvgIpc) is 2.38. The summed E-state index contributed by atoms with van der Waals surface area (Å²) in [6.45, 7) is 6.24. The molecule has 0 bridgehead atoms. The summed E-state index contributed by atoms with van der Waals surface area (Å²) >= 11 is 0. The fraction of sp³-hybridized carbons (Fsp3) is 0.312. The molecule has 0 aliphatic rings. The Labute approximate surface area is 113 Å². The van der Waals surface area contributed by atoms with E-state index in [0.717, 1.165) is 28.5 Å². The molecule has 2 rings (SSSR count). The molecule has 0 aliphatic carbocycles. The maximum absolute atomic E-state index is 7.64. The fourth-order valence-electron chi connectivity index (χ4n) is 1.97. The van der Waals surface area contributed by atoms with Crippen LogP contribution in [0.3, 0.4) is 0 Å². The van der Waals surface area contributed by atoms with Crippen molar-refractivity contribution in [3.63, 3.8) is 0 Å². The third-order valence-corrected chi connectivity index (χ3v) is 3.41. The molecular weight excluding hydrogens is 236 g/mol. The molecule has 0 saturated carbocycles. The van der Waals surface area contributed by atoms with Gasteiger partial charge in [-0.1, -0.05) is 31.2 Å². The Balaban J connectivity index is 2.59. The Morgan fingerprint density at radius 2 is 1.79 bits per heavy atom. The molecule has 3 nitrogen and oxygen atoms in total. The van der Waals surface area contributed by atoms with E-state index in [4.69, 9.17) is 15.9 Å². The number of nitrogens with two attached hydrogens (primary N) is 1. The lowest BCUT2D eigenvalue weighted by atomic mass is 10.0. The molecule has 0 aromatic heterocycles. The van der Waals surface area contributed by atoms with Crippen LogP contribution in [0.5, 0.6) is 5.75 Å². The number of nitrogens with one attached hydrogen (secondary N) is 1. The van der Waals surface area contributed by atoms with Crippen molar-refractivity contribution in [1.82, 2.24) is 0 Å². The van der Waals surface area contributed by atoms with E-state index < -0.39 is 0 Å². The molecule has 0 unspecified atom stereocenters. The molecule has 0 fully saturated rings. The second-order valence-corrected chi connectivity index (χ2v) is 5.29. The summed E-state index contributed by atoms with van der Waals surface area (Å²) < 4.78 is 6.09. The first-order valence-corrected chi connectivity index (χ1v) is 6.50. The number of nitrogen functional groups attached to an aromatic ring is 1. The number of hydrogen-bond acceptors (Lipinski definition) is 2. The molecular formula is C16H20N2O. The number of hydrogen-bond donors (Lipinski definition) is 2. The van der Waals surface area contributed by atoms with Crippen molar-refractivity contribution >= 4 is 16.6 Å². The smallest absolute Gasteiger partial charge is 0.127 e. The Morgan fingerprint density at radius 3 is 2.37 bits per heavy atom. The number of fused-ring (bicyclic) bond motifs is 1. The van der Waals surface area contributed by atoms with Crippen molar-refractivity contribution in [3.8, 4) is 5.75 Å². The Bertz CT molecular complexity index is 617. The quantitative estimate of drug-likeness (QED) is 0.647. The first kappa shape index (κ1) is 13.4. The van der Waals surface area contributed by atoms with Crippen LogP contribution >= 0.6 is 0 Å². The van der Waals surface area contributed by atoms with Crippen LogP contribution in [0.15, 0.2) is 36.4 Å². The van der Waals surface area contributed by atoms with Crippen molar-refractivity contribution in [2.75, 3.05) is 0 Å². The number of rotatable bonds is 4. The molecule has 0 radical (unpaired) electrons. The molecule has 0 amide bonds. The van der Waals surface area contributed by atoms with Gasteiger partial charge in [-0.15, -0.1) is 0 Å². The molecule has 2 aromatic rings. The first-order valence-electron chi connectivity index (χ1n) is 6.50. The molecule has 2 aromatic carbocycles. The van der Waals surface area contributed by atoms with Crippen molar-refractivity contribution in [2.45, 2.75) is 32.8 Å². The van der Waals surface area contributed by atoms with Gasteiger partial charge in [-0.05, 0) is 37.8 Å². The van der Waals surface area contributed by atoms with E-state index in [1.54, 1.807) is 0 Å². The normalized spacial score (nSPS) is 11.5. The van der Waals surface area contributed by atoms with Gasteiger partial charge >= 0.3 is 0 Å². The molecule has 0 spiro atoms. The number of amidine groups is 1. The van der Waals surface area contributed by atoms with Gasteiger partial charge in [-0.25, -0.2) is 0 Å². The monoisotopic (exact) mass is 256 g/mol. The molecule has 100 valence electrons. The van der Waals surface area contributed by atoms with Crippen LogP contribution in [0.2, 0.25) is 0 Å². The maximum atomic E-state index is 7.64. The van der Waals surface area contributed by atoms with Crippen LogP contribution in [0, 0.1) is 5.41 Å². The third-order valence-electron chi connectivity index (χ3n) is 3.41. The average molecular weight is 256 g/mol. The highest BCUT2D eigenvalue weighted by Gasteiger charge is 2.18. The molecule has 3 heteroatoms. The van der Waals surface area contributed by atoms with E-state index in [2.05, 4.69) is 20.8 Å².